The summed E-state index contributed by atoms with van der Waals surface area (Å²) >= 11 is 19.9. The topological polar surface area (TPSA) is 222 Å². The van der Waals surface area contributed by atoms with Crippen LogP contribution >= 0.6 is 46.8 Å². The molecule has 0 fully saturated rings. The summed E-state index contributed by atoms with van der Waals surface area (Å²) in [6.07, 6.45) is 0. The van der Waals surface area contributed by atoms with Gasteiger partial charge in [0.15, 0.2) is 0 Å². The third-order valence-corrected chi connectivity index (χ3v) is 3.15. The van der Waals surface area contributed by atoms with Crippen LogP contribution in [0.2, 0.25) is 0 Å². The Labute approximate surface area is 148 Å². The predicted octanol–water partition coefficient (Wildman–Crippen LogP) is 1.44. The first-order chi connectivity index (χ1) is 10.9. The molecule has 0 amide bonds. The molecule has 20 heteroatoms. The van der Waals surface area contributed by atoms with Crippen molar-refractivity contribution in [1.82, 2.24) is 0 Å². The van der Waals surface area contributed by atoms with E-state index in [1.165, 1.54) is 0 Å². The van der Waals surface area contributed by atoms with E-state index in [0.717, 1.165) is 0 Å². The first-order valence-corrected chi connectivity index (χ1v) is 6.10. The molecule has 0 aromatic rings. The zero-order valence-corrected chi connectivity index (χ0v) is 13.4. The highest BCUT2D eigenvalue weighted by molar-refractivity contribution is 6.37. The predicted molar refractivity (Wildman–Crippen MR) is 76.6 cm³/mol. The van der Waals surface area contributed by atoms with Gasteiger partial charge in [0, 0.05) is 23.6 Å². The van der Waals surface area contributed by atoms with Gasteiger partial charge in [-0.05, 0) is 0 Å². The molecule has 0 rings (SSSR count). The molecule has 0 bridgehead atoms. The Balaban J connectivity index is 6.11. The molecule has 0 aliphatic heterocycles. The minimum absolute atomic E-state index is 1.62. The molecule has 0 aliphatic carbocycles. The minimum Gasteiger partial charge on any atom is -0.257 e. The van der Waals surface area contributed by atoms with Crippen molar-refractivity contribution >= 4 is 58.4 Å². The fourth-order valence-electron chi connectivity index (χ4n) is 0.823. The summed E-state index contributed by atoms with van der Waals surface area (Å²) < 4.78 is 5.03. The Morgan fingerprint density at radius 3 is 1.00 bits per heavy atom. The van der Waals surface area contributed by atoms with Crippen molar-refractivity contribution in [3.8, 4) is 0 Å². The largest absolute Gasteiger partial charge is 0.600 e. The fourth-order valence-corrected chi connectivity index (χ4v) is 1.37. The highest BCUT2D eigenvalue weighted by Gasteiger charge is 2.64. The van der Waals surface area contributed by atoms with Gasteiger partial charge in [-0.3, -0.25) is 40.5 Å². The number of rotatable bonds is 6. The average molecular weight is 430 g/mol. The first kappa shape index (κ1) is 21.7. The zero-order valence-electron chi connectivity index (χ0n) is 10.4. The Hall–Kier alpha value is -2.30. The summed E-state index contributed by atoms with van der Waals surface area (Å²) in [5.41, 5.74) is 0. The summed E-state index contributed by atoms with van der Waals surface area (Å²) in [5, 5.41) is 40.6. The zero-order chi connectivity index (χ0) is 19.3. The lowest BCUT2D eigenvalue weighted by atomic mass is 10.4. The Kier molecular flexibility index (Phi) is 7.23. The van der Waals surface area contributed by atoms with Crippen molar-refractivity contribution in [1.29, 1.82) is 0 Å². The number of hydrogen-bond donors (Lipinski definition) is 0. The van der Waals surface area contributed by atoms with E-state index in [0.29, 0.717) is 0 Å². The number of halogens is 4. The smallest absolute Gasteiger partial charge is 0.257 e. The molecule has 0 heterocycles. The molecular weight excluding hydrogens is 430 g/mol. The fraction of sp³-hybridized carbons (Fsp3) is 0.500. The van der Waals surface area contributed by atoms with Crippen molar-refractivity contribution in [2.24, 2.45) is 19.3 Å². The molecule has 0 saturated heterocycles. The number of nitrogens with zero attached hydrogens (tertiary/aromatic N) is 8. The lowest BCUT2D eigenvalue weighted by Gasteiger charge is -2.08. The second-order valence-electron chi connectivity index (χ2n) is 3.22. The van der Waals surface area contributed by atoms with E-state index in [2.05, 4.69) is 19.3 Å². The molecule has 0 atom stereocenters. The lowest BCUT2D eigenvalue weighted by Crippen LogP contribution is -2.48. The Morgan fingerprint density at radius 1 is 0.667 bits per heavy atom. The number of nitro groups is 4. The third-order valence-electron chi connectivity index (χ3n) is 1.94. The molecule has 132 valence electrons. The molecule has 0 aromatic carbocycles. The van der Waals surface area contributed by atoms with Crippen LogP contribution in [-0.4, -0.2) is 41.6 Å². The summed E-state index contributed by atoms with van der Waals surface area (Å²) in [7, 11) is 0. The van der Waals surface area contributed by atoms with Crippen LogP contribution in [0.25, 0.3) is 0 Å². The van der Waals surface area contributed by atoms with Gasteiger partial charge in [0.2, 0.25) is 0 Å². The van der Waals surface area contributed by atoms with E-state index in [1.807, 2.05) is 0 Å². The molecule has 16 nitrogen and oxygen atoms in total. The maximum absolute atomic E-state index is 10.7. The third kappa shape index (κ3) is 3.78. The van der Waals surface area contributed by atoms with Crippen LogP contribution in [0.1, 0.15) is 0 Å². The highest BCUT2D eigenvalue weighted by Crippen LogP contribution is 2.24. The van der Waals surface area contributed by atoms with Gasteiger partial charge in [-0.15, -0.1) is 19.3 Å². The summed E-state index contributed by atoms with van der Waals surface area (Å²) in [6.45, 7) is 0. The van der Waals surface area contributed by atoms with Crippen LogP contribution in [0.3, 0.4) is 0 Å². The van der Waals surface area contributed by atoms with E-state index >= 15 is 0 Å². The van der Waals surface area contributed by atoms with E-state index in [4.69, 9.17) is 46.8 Å². The maximum Gasteiger partial charge on any atom is 0.600 e. The normalized spacial score (nSPS) is 13.8. The lowest BCUT2D eigenvalue weighted by molar-refractivity contribution is -0.743. The maximum atomic E-state index is 10.7. The summed E-state index contributed by atoms with van der Waals surface area (Å²) in [6, 6.07) is 0. The van der Waals surface area contributed by atoms with Gasteiger partial charge in [-0.1, -0.05) is 0 Å². The van der Waals surface area contributed by atoms with Gasteiger partial charge >= 0.3 is 21.9 Å². The van der Waals surface area contributed by atoms with Crippen LogP contribution < -0.4 is 0 Å². The summed E-state index contributed by atoms with van der Waals surface area (Å²) in [5.74, 6) is -3.24. The second kappa shape index (κ2) is 7.99. The van der Waals surface area contributed by atoms with Crippen molar-refractivity contribution in [2.75, 3.05) is 0 Å². The van der Waals surface area contributed by atoms with Crippen molar-refractivity contribution in [3.05, 3.63) is 40.5 Å². The van der Waals surface area contributed by atoms with Gasteiger partial charge in [0.1, 0.15) is 19.7 Å². The van der Waals surface area contributed by atoms with E-state index in [-0.39, 0.29) is 0 Å². The van der Waals surface area contributed by atoms with Gasteiger partial charge in [-0.25, -0.2) is 0 Å². The van der Waals surface area contributed by atoms with Crippen LogP contribution in [-0.2, 0) is 0 Å². The Morgan fingerprint density at radius 2 is 0.875 bits per heavy atom. The molecule has 0 radical (unpaired) electrons. The molecule has 0 N–H and O–H groups in total. The van der Waals surface area contributed by atoms with Crippen molar-refractivity contribution in [2.45, 2.75) is 10.2 Å². The van der Waals surface area contributed by atoms with Crippen LogP contribution in [0.4, 0.5) is 0 Å². The SMILES string of the molecule is O=[N+]([O-])C(Cl)(C(=N/Cl)/N=N/C(=N/Cl)C(Cl)([N+](=O)[O-])[N+](=O)[O-])[N+](=O)[O-]. The van der Waals surface area contributed by atoms with Gasteiger partial charge in [0.25, 0.3) is 0 Å². The van der Waals surface area contributed by atoms with Crippen LogP contribution in [0.5, 0.6) is 0 Å². The molecule has 0 spiro atoms. The quantitative estimate of drug-likeness (QED) is 0.0874. The van der Waals surface area contributed by atoms with Crippen molar-refractivity contribution in [3.63, 3.8) is 0 Å². The second-order valence-corrected chi connectivity index (χ2v) is 4.61. The molecule has 24 heavy (non-hydrogen) atoms. The van der Waals surface area contributed by atoms with E-state index in [9.17, 15) is 40.5 Å². The van der Waals surface area contributed by atoms with Crippen molar-refractivity contribution < 1.29 is 19.7 Å². The molecular formula is C4Cl4N8O8. The number of hydrogen-bond acceptors (Lipinski definition) is 10. The number of alkyl halides is 2. The number of azo groups is 1. The van der Waals surface area contributed by atoms with E-state index in [1.54, 1.807) is 0 Å². The van der Waals surface area contributed by atoms with E-state index < -0.39 is 41.6 Å². The molecule has 0 aliphatic rings. The molecule has 0 aromatic heterocycles. The standard InChI is InChI=1S/C4Cl4N8O8/c5-3(13(17)18,14(19)20)1(9-7)11-12-2(10-8)4(6,15(21)22)16(23)24/b9-1-,10-2+,12-11+. The van der Waals surface area contributed by atoms with Crippen LogP contribution in [0, 0.1) is 40.5 Å². The van der Waals surface area contributed by atoms with Gasteiger partial charge in [-0.2, -0.15) is 0 Å². The average Bonchev–Trinajstić information content (AvgIpc) is 2.49. The minimum atomic E-state index is -3.75. The van der Waals surface area contributed by atoms with Gasteiger partial charge < -0.3 is 0 Å². The highest BCUT2D eigenvalue weighted by atomic mass is 35.5. The molecule has 0 saturated carbocycles. The number of amidine groups is 2. The Bertz CT molecular complexity index is 591. The molecule has 0 unspecified atom stereocenters. The van der Waals surface area contributed by atoms with Gasteiger partial charge in [0.05, 0.1) is 23.2 Å². The van der Waals surface area contributed by atoms with Crippen LogP contribution in [0.15, 0.2) is 19.3 Å². The monoisotopic (exact) mass is 428 g/mol. The first-order valence-electron chi connectivity index (χ1n) is 4.67. The summed E-state index contributed by atoms with van der Waals surface area (Å²) in [4.78, 5) is 36.0.